The van der Waals surface area contributed by atoms with Gasteiger partial charge in [0, 0.05) is 23.9 Å². The van der Waals surface area contributed by atoms with Gasteiger partial charge >= 0.3 is 6.18 Å². The molecule has 0 amide bonds. The molecular formula is C17H18F3NOS. The van der Waals surface area contributed by atoms with Gasteiger partial charge in [-0.3, -0.25) is 4.79 Å². The van der Waals surface area contributed by atoms with Crippen molar-refractivity contribution in [3.05, 3.63) is 57.6 Å². The predicted octanol–water partition coefficient (Wildman–Crippen LogP) is 5.44. The van der Waals surface area contributed by atoms with E-state index in [4.69, 9.17) is 0 Å². The smallest absolute Gasteiger partial charge is 0.339 e. The highest BCUT2D eigenvalue weighted by Crippen LogP contribution is 2.35. The molecule has 1 aromatic rings. The number of ketones is 1. The van der Waals surface area contributed by atoms with Crippen molar-refractivity contribution in [3.63, 3.8) is 0 Å². The Morgan fingerprint density at radius 1 is 1.35 bits per heavy atom. The largest absolute Gasteiger partial charge is 0.416 e. The Labute approximate surface area is 138 Å². The lowest BCUT2D eigenvalue weighted by Gasteiger charge is -2.21. The van der Waals surface area contributed by atoms with Crippen LogP contribution in [0.1, 0.15) is 42.6 Å². The van der Waals surface area contributed by atoms with Crippen LogP contribution in [0.5, 0.6) is 0 Å². The summed E-state index contributed by atoms with van der Waals surface area (Å²) in [5.41, 5.74) is 0.289. The normalized spacial score (nSPS) is 16.8. The summed E-state index contributed by atoms with van der Waals surface area (Å²) in [6, 6.07) is 4.53. The van der Waals surface area contributed by atoms with Crippen molar-refractivity contribution in [3.8, 4) is 0 Å². The number of halogens is 3. The number of carbonyl (C=O) groups excluding carboxylic acids is 1. The highest BCUT2D eigenvalue weighted by atomic mass is 32.2. The van der Waals surface area contributed by atoms with Crippen LogP contribution in [0.4, 0.5) is 13.2 Å². The Morgan fingerprint density at radius 2 is 2.09 bits per heavy atom. The molecule has 0 bridgehead atoms. The van der Waals surface area contributed by atoms with Gasteiger partial charge in [0.1, 0.15) is 0 Å². The van der Waals surface area contributed by atoms with Crippen LogP contribution in [0, 0.1) is 0 Å². The molecule has 23 heavy (non-hydrogen) atoms. The van der Waals surface area contributed by atoms with Gasteiger partial charge in [0.25, 0.3) is 0 Å². The van der Waals surface area contributed by atoms with Crippen LogP contribution in [0.15, 0.2) is 46.5 Å². The Kier molecular flexibility index (Phi) is 5.57. The molecular weight excluding hydrogens is 323 g/mol. The van der Waals surface area contributed by atoms with Gasteiger partial charge in [-0.15, -0.1) is 0 Å². The number of nitrogens with zero attached hydrogens (tertiary/aromatic N) is 1. The van der Waals surface area contributed by atoms with Gasteiger partial charge in [-0.25, -0.2) is 0 Å². The number of thioether (sulfide) groups is 1. The van der Waals surface area contributed by atoms with Crippen LogP contribution >= 0.6 is 11.8 Å². The van der Waals surface area contributed by atoms with Gasteiger partial charge < -0.3 is 4.90 Å². The average Bonchev–Trinajstić information content (AvgIpc) is 2.84. The number of hydrogen-bond acceptors (Lipinski definition) is 3. The highest BCUT2D eigenvalue weighted by Gasteiger charge is 2.30. The van der Waals surface area contributed by atoms with E-state index >= 15 is 0 Å². The maximum absolute atomic E-state index is 12.7. The molecule has 2 rings (SSSR count). The molecule has 0 unspecified atom stereocenters. The highest BCUT2D eigenvalue weighted by molar-refractivity contribution is 8.06. The molecule has 0 aromatic heterocycles. The summed E-state index contributed by atoms with van der Waals surface area (Å²) < 4.78 is 38.2. The third-order valence-electron chi connectivity index (χ3n) is 3.51. The van der Waals surface area contributed by atoms with E-state index < -0.39 is 17.5 Å². The predicted molar refractivity (Wildman–Crippen MR) is 86.8 cm³/mol. The van der Waals surface area contributed by atoms with Gasteiger partial charge in [-0.1, -0.05) is 37.2 Å². The third-order valence-corrected chi connectivity index (χ3v) is 4.54. The number of rotatable bonds is 5. The molecule has 2 nitrogen and oxygen atoms in total. The van der Waals surface area contributed by atoms with E-state index in [0.717, 1.165) is 42.2 Å². The van der Waals surface area contributed by atoms with Crippen molar-refractivity contribution in [1.29, 1.82) is 0 Å². The molecule has 0 saturated heterocycles. The second-order valence-electron chi connectivity index (χ2n) is 5.31. The van der Waals surface area contributed by atoms with E-state index in [1.165, 1.54) is 30.0 Å². The van der Waals surface area contributed by atoms with Crippen LogP contribution in [0.3, 0.4) is 0 Å². The Hall–Kier alpha value is -1.69. The molecule has 124 valence electrons. The molecule has 0 N–H and O–H groups in total. The number of carbonyl (C=O) groups is 1. The van der Waals surface area contributed by atoms with E-state index in [1.54, 1.807) is 0 Å². The van der Waals surface area contributed by atoms with Crippen molar-refractivity contribution >= 4 is 17.5 Å². The minimum Gasteiger partial charge on any atom is -0.339 e. The van der Waals surface area contributed by atoms with E-state index in [0.29, 0.717) is 0 Å². The summed E-state index contributed by atoms with van der Waals surface area (Å²) in [6.07, 6.45) is -1.01. The van der Waals surface area contributed by atoms with Crippen LogP contribution in [-0.4, -0.2) is 17.2 Å². The van der Waals surface area contributed by atoms with E-state index in [-0.39, 0.29) is 5.56 Å². The minimum atomic E-state index is -4.45. The summed E-state index contributed by atoms with van der Waals surface area (Å²) >= 11 is 1.42. The SMILES string of the molecule is CCCCN1C(C)=CSC1=CC(=O)c1cccc(C(F)(F)F)c1. The van der Waals surface area contributed by atoms with Crippen LogP contribution in [-0.2, 0) is 6.18 Å². The fourth-order valence-corrected chi connectivity index (χ4v) is 3.16. The van der Waals surface area contributed by atoms with Gasteiger partial charge in [-0.2, -0.15) is 13.2 Å². The van der Waals surface area contributed by atoms with Crippen molar-refractivity contribution in [2.75, 3.05) is 6.54 Å². The average molecular weight is 341 g/mol. The first-order valence-electron chi connectivity index (χ1n) is 7.37. The molecule has 6 heteroatoms. The van der Waals surface area contributed by atoms with Crippen molar-refractivity contribution in [1.82, 2.24) is 4.90 Å². The van der Waals surface area contributed by atoms with Crippen molar-refractivity contribution in [2.24, 2.45) is 0 Å². The van der Waals surface area contributed by atoms with Gasteiger partial charge in [0.2, 0.25) is 0 Å². The molecule has 1 heterocycles. The number of benzene rings is 1. The molecule has 1 aliphatic heterocycles. The molecule has 0 spiro atoms. The summed E-state index contributed by atoms with van der Waals surface area (Å²) in [5, 5.41) is 2.71. The van der Waals surface area contributed by atoms with Gasteiger partial charge in [0.05, 0.1) is 10.6 Å². The fraction of sp³-hybridized carbons (Fsp3) is 0.353. The zero-order valence-electron chi connectivity index (χ0n) is 13.0. The standard InChI is InChI=1S/C17H18F3NOS/c1-3-4-8-21-12(2)11-23-16(21)10-15(22)13-6-5-7-14(9-13)17(18,19)20/h5-7,9-11H,3-4,8H2,1-2H3. The number of alkyl halides is 3. The number of hydrogen-bond donors (Lipinski definition) is 0. The number of allylic oxidation sites excluding steroid dienone is 2. The molecule has 1 aromatic carbocycles. The molecule has 0 aliphatic carbocycles. The fourth-order valence-electron chi connectivity index (χ4n) is 2.21. The van der Waals surface area contributed by atoms with Crippen molar-refractivity contribution in [2.45, 2.75) is 32.9 Å². The summed E-state index contributed by atoms with van der Waals surface area (Å²) in [5.74, 6) is -0.414. The zero-order chi connectivity index (χ0) is 17.0. The minimum absolute atomic E-state index is 0.0490. The maximum Gasteiger partial charge on any atom is 0.416 e. The second kappa shape index (κ2) is 7.25. The van der Waals surface area contributed by atoms with E-state index in [9.17, 15) is 18.0 Å². The first-order chi connectivity index (χ1) is 10.8. The summed E-state index contributed by atoms with van der Waals surface area (Å²) in [4.78, 5) is 14.3. The lowest BCUT2D eigenvalue weighted by molar-refractivity contribution is -0.137. The van der Waals surface area contributed by atoms with Crippen LogP contribution in [0.2, 0.25) is 0 Å². The quantitative estimate of drug-likeness (QED) is 0.525. The number of unbranched alkanes of at least 4 members (excludes halogenated alkanes) is 1. The zero-order valence-corrected chi connectivity index (χ0v) is 13.8. The third kappa shape index (κ3) is 4.41. The molecule has 1 aliphatic rings. The molecule has 0 fully saturated rings. The summed E-state index contributed by atoms with van der Waals surface area (Å²) in [7, 11) is 0. The van der Waals surface area contributed by atoms with E-state index in [2.05, 4.69) is 6.92 Å². The van der Waals surface area contributed by atoms with Crippen molar-refractivity contribution < 1.29 is 18.0 Å². The van der Waals surface area contributed by atoms with Crippen LogP contribution in [0.25, 0.3) is 0 Å². The van der Waals surface area contributed by atoms with E-state index in [1.807, 2.05) is 17.2 Å². The first kappa shape index (κ1) is 17.7. The Bertz CT molecular complexity index is 649. The van der Waals surface area contributed by atoms with Crippen LogP contribution < -0.4 is 0 Å². The maximum atomic E-state index is 12.7. The Balaban J connectivity index is 2.21. The van der Waals surface area contributed by atoms with Gasteiger partial charge in [0.15, 0.2) is 5.78 Å². The lowest BCUT2D eigenvalue weighted by Crippen LogP contribution is -2.18. The molecule has 0 atom stereocenters. The lowest BCUT2D eigenvalue weighted by atomic mass is 10.1. The monoisotopic (exact) mass is 341 g/mol. The second-order valence-corrected chi connectivity index (χ2v) is 6.20. The topological polar surface area (TPSA) is 20.3 Å². The first-order valence-corrected chi connectivity index (χ1v) is 8.25. The van der Waals surface area contributed by atoms with Gasteiger partial charge in [-0.05, 0) is 30.9 Å². The Morgan fingerprint density at radius 3 is 2.74 bits per heavy atom. The molecule has 0 radical (unpaired) electrons. The molecule has 0 saturated carbocycles. The summed E-state index contributed by atoms with van der Waals surface area (Å²) in [6.45, 7) is 4.84.